The molecular weight excluding hydrogens is 479 g/mol. The third kappa shape index (κ3) is 5.61. The highest BCUT2D eigenvalue weighted by molar-refractivity contribution is 14.0. The van der Waals surface area contributed by atoms with Crippen molar-refractivity contribution in [1.29, 1.82) is 0 Å². The lowest BCUT2D eigenvalue weighted by Gasteiger charge is -2.21. The largest absolute Gasteiger partial charge is 0.474 e. The molecule has 1 aliphatic heterocycles. The van der Waals surface area contributed by atoms with E-state index in [-0.39, 0.29) is 24.0 Å². The second kappa shape index (κ2) is 10.3. The fraction of sp³-hybridized carbons (Fsp3) is 0.571. The summed E-state index contributed by atoms with van der Waals surface area (Å²) in [5.74, 6) is 2.19. The van der Waals surface area contributed by atoms with Crippen LogP contribution in [0.2, 0.25) is 0 Å². The second-order valence-corrected chi connectivity index (χ2v) is 7.81. The molecule has 7 nitrogen and oxygen atoms in total. The lowest BCUT2D eigenvalue weighted by molar-refractivity contribution is 0.201. The molecule has 1 saturated heterocycles. The van der Waals surface area contributed by atoms with E-state index in [1.165, 1.54) is 18.4 Å². The summed E-state index contributed by atoms with van der Waals surface area (Å²) in [6.45, 7) is 2.68. The van der Waals surface area contributed by atoms with Crippen LogP contribution in [0.4, 0.5) is 0 Å². The van der Waals surface area contributed by atoms with Crippen LogP contribution in [0.25, 0.3) is 0 Å². The first kappa shape index (κ1) is 21.9. The van der Waals surface area contributed by atoms with Crippen LogP contribution in [0.5, 0.6) is 5.88 Å². The van der Waals surface area contributed by atoms with Crippen LogP contribution < -0.4 is 10.1 Å². The highest BCUT2D eigenvalue weighted by atomic mass is 127. The van der Waals surface area contributed by atoms with Gasteiger partial charge in [0.2, 0.25) is 5.88 Å². The van der Waals surface area contributed by atoms with Gasteiger partial charge in [-0.3, -0.25) is 9.67 Å². The molecule has 0 amide bonds. The van der Waals surface area contributed by atoms with Crippen molar-refractivity contribution < 1.29 is 4.74 Å². The van der Waals surface area contributed by atoms with Crippen LogP contribution in [0.3, 0.4) is 0 Å². The van der Waals surface area contributed by atoms with E-state index in [4.69, 9.17) is 4.74 Å². The number of hydrogen-bond acceptors (Lipinski definition) is 4. The Morgan fingerprint density at radius 3 is 2.72 bits per heavy atom. The van der Waals surface area contributed by atoms with Gasteiger partial charge in [-0.25, -0.2) is 4.98 Å². The van der Waals surface area contributed by atoms with Crippen LogP contribution in [-0.2, 0) is 13.6 Å². The molecule has 0 bridgehead atoms. The molecule has 29 heavy (non-hydrogen) atoms. The molecule has 1 unspecified atom stereocenters. The quantitative estimate of drug-likeness (QED) is 0.380. The Morgan fingerprint density at radius 2 is 2.07 bits per heavy atom. The van der Waals surface area contributed by atoms with Gasteiger partial charge in [-0.1, -0.05) is 6.07 Å². The van der Waals surface area contributed by atoms with Crippen molar-refractivity contribution in [1.82, 2.24) is 25.0 Å². The zero-order valence-corrected chi connectivity index (χ0v) is 19.6. The maximum Gasteiger partial charge on any atom is 0.213 e. The number of ether oxygens (including phenoxy) is 1. The first-order chi connectivity index (χ1) is 13.7. The van der Waals surface area contributed by atoms with Crippen molar-refractivity contribution in [2.75, 3.05) is 20.1 Å². The van der Waals surface area contributed by atoms with E-state index >= 15 is 0 Å². The number of nitrogens with zero attached hydrogens (tertiary/aromatic N) is 5. The topological polar surface area (TPSA) is 67.6 Å². The second-order valence-electron chi connectivity index (χ2n) is 7.81. The smallest absolute Gasteiger partial charge is 0.213 e. The Hall–Kier alpha value is -1.84. The number of aliphatic imine (C=N–C) groups is 1. The maximum atomic E-state index is 5.94. The highest BCUT2D eigenvalue weighted by Crippen LogP contribution is 2.27. The summed E-state index contributed by atoms with van der Waals surface area (Å²) < 4.78 is 7.82. The molecule has 2 aromatic rings. The molecule has 3 heterocycles. The molecule has 0 radical (unpaired) electrons. The SMILES string of the molecule is CN=C(NCc1ccc(OC2CCCC2)nc1)N1CCC(c2cnn(C)c2)C1.I. The van der Waals surface area contributed by atoms with E-state index in [2.05, 4.69) is 37.6 Å². The lowest BCUT2D eigenvalue weighted by Crippen LogP contribution is -2.39. The van der Waals surface area contributed by atoms with Crippen molar-refractivity contribution in [2.45, 2.75) is 50.7 Å². The van der Waals surface area contributed by atoms with Gasteiger partial charge in [0, 0.05) is 58.1 Å². The van der Waals surface area contributed by atoms with Crippen molar-refractivity contribution in [3.8, 4) is 5.88 Å². The molecule has 1 N–H and O–H groups in total. The Morgan fingerprint density at radius 1 is 1.24 bits per heavy atom. The van der Waals surface area contributed by atoms with E-state index in [9.17, 15) is 0 Å². The molecule has 4 rings (SSSR count). The van der Waals surface area contributed by atoms with Gasteiger partial charge < -0.3 is 15.0 Å². The summed E-state index contributed by atoms with van der Waals surface area (Å²) in [5, 5.41) is 7.77. The zero-order chi connectivity index (χ0) is 19.3. The number of hydrogen-bond donors (Lipinski definition) is 1. The number of pyridine rings is 1. The molecule has 0 spiro atoms. The van der Waals surface area contributed by atoms with Gasteiger partial charge in [-0.15, -0.1) is 24.0 Å². The van der Waals surface area contributed by atoms with Gasteiger partial charge in [0.05, 0.1) is 6.20 Å². The average molecular weight is 510 g/mol. The predicted octanol–water partition coefficient (Wildman–Crippen LogP) is 3.32. The Kier molecular flexibility index (Phi) is 7.74. The first-order valence-electron chi connectivity index (χ1n) is 10.3. The van der Waals surface area contributed by atoms with Crippen molar-refractivity contribution in [2.24, 2.45) is 12.0 Å². The van der Waals surface area contributed by atoms with Gasteiger partial charge in [0.15, 0.2) is 5.96 Å². The number of aryl methyl sites for hydroxylation is 1. The van der Waals surface area contributed by atoms with Gasteiger partial charge in [0.25, 0.3) is 0 Å². The molecule has 1 atom stereocenters. The molecule has 8 heteroatoms. The van der Waals surface area contributed by atoms with Crippen LogP contribution in [-0.4, -0.2) is 51.9 Å². The highest BCUT2D eigenvalue weighted by Gasteiger charge is 2.26. The van der Waals surface area contributed by atoms with Crippen molar-refractivity contribution in [3.05, 3.63) is 41.9 Å². The van der Waals surface area contributed by atoms with Crippen molar-refractivity contribution in [3.63, 3.8) is 0 Å². The summed E-state index contributed by atoms with van der Waals surface area (Å²) in [4.78, 5) is 11.3. The minimum Gasteiger partial charge on any atom is -0.474 e. The summed E-state index contributed by atoms with van der Waals surface area (Å²) in [7, 11) is 3.81. The monoisotopic (exact) mass is 510 g/mol. The Labute approximate surface area is 190 Å². The van der Waals surface area contributed by atoms with Crippen molar-refractivity contribution >= 4 is 29.9 Å². The average Bonchev–Trinajstić information content (AvgIpc) is 3.46. The minimum atomic E-state index is 0. The van der Waals surface area contributed by atoms with Gasteiger partial charge in [0.1, 0.15) is 6.10 Å². The minimum absolute atomic E-state index is 0. The van der Waals surface area contributed by atoms with E-state index in [1.54, 1.807) is 0 Å². The number of nitrogens with one attached hydrogen (secondary N) is 1. The number of rotatable bonds is 5. The van der Waals surface area contributed by atoms with E-state index in [1.807, 2.05) is 37.2 Å². The molecule has 2 aliphatic rings. The molecule has 1 saturated carbocycles. The summed E-state index contributed by atoms with van der Waals surface area (Å²) in [6.07, 6.45) is 12.3. The number of likely N-dealkylation sites (tertiary alicyclic amines) is 1. The van der Waals surface area contributed by atoms with Crippen LogP contribution in [0.1, 0.15) is 49.1 Å². The molecule has 0 aromatic carbocycles. The number of halogens is 1. The van der Waals surface area contributed by atoms with Gasteiger partial charge >= 0.3 is 0 Å². The van der Waals surface area contributed by atoms with Crippen LogP contribution >= 0.6 is 24.0 Å². The van der Waals surface area contributed by atoms with E-state index in [0.29, 0.717) is 18.6 Å². The summed E-state index contributed by atoms with van der Waals surface area (Å²) >= 11 is 0. The third-order valence-electron chi connectivity index (χ3n) is 5.73. The first-order valence-corrected chi connectivity index (χ1v) is 10.3. The summed E-state index contributed by atoms with van der Waals surface area (Å²) in [6, 6.07) is 4.06. The molecule has 1 aliphatic carbocycles. The normalized spacial score (nSPS) is 20.0. The third-order valence-corrected chi connectivity index (χ3v) is 5.73. The standard InChI is InChI=1S/C21H30N6O.HI/c1-22-21(27-10-9-17(15-27)18-13-25-26(2)14-18)24-12-16-7-8-20(23-11-16)28-19-5-3-4-6-19;/h7-8,11,13-14,17,19H,3-6,9-10,12,15H2,1-2H3,(H,22,24);1H. The molecule has 2 aromatic heterocycles. The predicted molar refractivity (Wildman–Crippen MR) is 125 cm³/mol. The van der Waals surface area contributed by atoms with Gasteiger partial charge in [-0.05, 0) is 43.2 Å². The molecular formula is C21H31IN6O. The zero-order valence-electron chi connectivity index (χ0n) is 17.3. The van der Waals surface area contributed by atoms with Gasteiger partial charge in [-0.2, -0.15) is 5.10 Å². The molecule has 158 valence electrons. The fourth-order valence-electron chi connectivity index (χ4n) is 4.15. The Bertz CT molecular complexity index is 800. The lowest BCUT2D eigenvalue weighted by atomic mass is 10.0. The van der Waals surface area contributed by atoms with E-state index in [0.717, 1.165) is 49.8 Å². The van der Waals surface area contributed by atoms with Crippen LogP contribution in [0, 0.1) is 0 Å². The van der Waals surface area contributed by atoms with E-state index < -0.39 is 0 Å². The number of aromatic nitrogens is 3. The maximum absolute atomic E-state index is 5.94. The molecule has 2 fully saturated rings. The Balaban J connectivity index is 0.00000240. The fourth-order valence-corrected chi connectivity index (χ4v) is 4.15. The summed E-state index contributed by atoms with van der Waals surface area (Å²) in [5.41, 5.74) is 2.44. The number of guanidine groups is 1. The van der Waals surface area contributed by atoms with Crippen LogP contribution in [0.15, 0.2) is 35.7 Å².